The minimum absolute atomic E-state index is 1.22. The standard InChI is InChI=1S/C44H28/c1-3-13-29(14-4-1)31-23-25-33(41(27-31)30-15-5-2-6-16-30)32-24-26-40-42(28-32)36-19-9-12-22-39(36)43-37-20-10-7-17-34(37)35-18-8-11-21-38(35)44(40)43/h1-28H. The van der Waals surface area contributed by atoms with Crippen molar-refractivity contribution in [3.63, 3.8) is 0 Å². The molecule has 9 aromatic rings. The molecular weight excluding hydrogens is 528 g/mol. The van der Waals surface area contributed by atoms with Crippen LogP contribution in [0.15, 0.2) is 170 Å². The molecule has 0 atom stereocenters. The van der Waals surface area contributed by atoms with Crippen LogP contribution < -0.4 is 0 Å². The topological polar surface area (TPSA) is 0 Å². The highest BCUT2D eigenvalue weighted by Crippen LogP contribution is 2.45. The van der Waals surface area contributed by atoms with Crippen molar-refractivity contribution < 1.29 is 0 Å². The van der Waals surface area contributed by atoms with Gasteiger partial charge in [0.1, 0.15) is 0 Å². The van der Waals surface area contributed by atoms with Crippen molar-refractivity contribution in [2.75, 3.05) is 0 Å². The Kier molecular flexibility index (Phi) is 5.61. The summed E-state index contributed by atoms with van der Waals surface area (Å²) in [5, 5.41) is 13.1. The highest BCUT2D eigenvalue weighted by Gasteiger charge is 2.17. The molecule has 0 saturated carbocycles. The molecule has 0 fully saturated rings. The van der Waals surface area contributed by atoms with E-state index in [9.17, 15) is 0 Å². The summed E-state index contributed by atoms with van der Waals surface area (Å²) in [6, 6.07) is 62.2. The second kappa shape index (κ2) is 9.93. The predicted molar refractivity (Wildman–Crippen MR) is 190 cm³/mol. The first-order valence-electron chi connectivity index (χ1n) is 15.3. The molecule has 0 unspecified atom stereocenters. The maximum absolute atomic E-state index is 2.42. The number of hydrogen-bond acceptors (Lipinski definition) is 0. The van der Waals surface area contributed by atoms with Gasteiger partial charge in [-0.3, -0.25) is 0 Å². The van der Waals surface area contributed by atoms with Crippen LogP contribution in [-0.2, 0) is 0 Å². The largest absolute Gasteiger partial charge is 0.0622 e. The predicted octanol–water partition coefficient (Wildman–Crippen LogP) is 12.5. The molecule has 0 aliphatic heterocycles. The molecule has 0 aromatic heterocycles. The van der Waals surface area contributed by atoms with E-state index in [1.165, 1.54) is 87.2 Å². The van der Waals surface area contributed by atoms with Gasteiger partial charge in [-0.2, -0.15) is 0 Å². The van der Waals surface area contributed by atoms with Crippen molar-refractivity contribution in [2.45, 2.75) is 0 Å². The van der Waals surface area contributed by atoms with Gasteiger partial charge in [0.25, 0.3) is 0 Å². The van der Waals surface area contributed by atoms with Crippen molar-refractivity contribution in [3.8, 4) is 33.4 Å². The maximum Gasteiger partial charge on any atom is -0.00139 e. The van der Waals surface area contributed by atoms with E-state index in [4.69, 9.17) is 0 Å². The third-order valence-electron chi connectivity index (χ3n) is 9.23. The molecule has 0 heterocycles. The van der Waals surface area contributed by atoms with Crippen LogP contribution in [0.5, 0.6) is 0 Å². The SMILES string of the molecule is c1ccc(-c2ccc(-c3ccc4c(c3)c3ccccc3c3c5ccccc5c5ccccc5c43)c(-c3ccccc3)c2)cc1. The summed E-state index contributed by atoms with van der Waals surface area (Å²) < 4.78 is 0. The molecular formula is C44H28. The van der Waals surface area contributed by atoms with Crippen LogP contribution in [0.1, 0.15) is 0 Å². The number of benzene rings is 9. The molecule has 0 saturated heterocycles. The van der Waals surface area contributed by atoms with Crippen LogP contribution in [0.25, 0.3) is 87.2 Å². The van der Waals surface area contributed by atoms with Crippen LogP contribution in [-0.4, -0.2) is 0 Å². The molecule has 44 heavy (non-hydrogen) atoms. The maximum atomic E-state index is 2.42. The van der Waals surface area contributed by atoms with Gasteiger partial charge in [0.05, 0.1) is 0 Å². The van der Waals surface area contributed by atoms with Crippen LogP contribution in [0.2, 0.25) is 0 Å². The summed E-state index contributed by atoms with van der Waals surface area (Å²) in [6.45, 7) is 0. The van der Waals surface area contributed by atoms with Crippen LogP contribution in [0.4, 0.5) is 0 Å². The molecule has 0 amide bonds. The molecule has 0 nitrogen and oxygen atoms in total. The van der Waals surface area contributed by atoms with Gasteiger partial charge in [-0.25, -0.2) is 0 Å². The highest BCUT2D eigenvalue weighted by atomic mass is 14.2. The van der Waals surface area contributed by atoms with E-state index in [0.29, 0.717) is 0 Å². The monoisotopic (exact) mass is 556 g/mol. The summed E-state index contributed by atoms with van der Waals surface area (Å²) in [5.74, 6) is 0. The van der Waals surface area contributed by atoms with E-state index < -0.39 is 0 Å². The Morgan fingerprint density at radius 2 is 0.636 bits per heavy atom. The lowest BCUT2D eigenvalue weighted by Crippen LogP contribution is -1.90. The van der Waals surface area contributed by atoms with Crippen molar-refractivity contribution >= 4 is 53.9 Å². The van der Waals surface area contributed by atoms with Crippen molar-refractivity contribution in [1.29, 1.82) is 0 Å². The fraction of sp³-hybridized carbons (Fsp3) is 0. The molecule has 9 rings (SSSR count). The van der Waals surface area contributed by atoms with Crippen LogP contribution in [0, 0.1) is 0 Å². The van der Waals surface area contributed by atoms with Gasteiger partial charge < -0.3 is 0 Å². The quantitative estimate of drug-likeness (QED) is 0.190. The molecule has 9 aromatic carbocycles. The first-order chi connectivity index (χ1) is 21.8. The molecule has 0 radical (unpaired) electrons. The van der Waals surface area contributed by atoms with Gasteiger partial charge in [-0.05, 0) is 99.4 Å². The highest BCUT2D eigenvalue weighted by molar-refractivity contribution is 6.39. The van der Waals surface area contributed by atoms with E-state index >= 15 is 0 Å². The number of fused-ring (bicyclic) bond motifs is 11. The Morgan fingerprint density at radius 1 is 0.205 bits per heavy atom. The van der Waals surface area contributed by atoms with E-state index in [0.717, 1.165) is 0 Å². The Hall–Kier alpha value is -5.72. The Bertz CT molecular complexity index is 2520. The second-order valence-electron chi connectivity index (χ2n) is 11.6. The van der Waals surface area contributed by atoms with Crippen molar-refractivity contribution in [3.05, 3.63) is 170 Å². The lowest BCUT2D eigenvalue weighted by Gasteiger charge is -2.18. The minimum Gasteiger partial charge on any atom is -0.0622 e. The molecule has 0 bridgehead atoms. The normalized spacial score (nSPS) is 11.6. The summed E-state index contributed by atoms with van der Waals surface area (Å²) in [4.78, 5) is 0. The van der Waals surface area contributed by atoms with Crippen LogP contribution >= 0.6 is 0 Å². The minimum atomic E-state index is 1.22. The van der Waals surface area contributed by atoms with E-state index in [2.05, 4.69) is 170 Å². The fourth-order valence-corrected chi connectivity index (χ4v) is 7.25. The summed E-state index contributed by atoms with van der Waals surface area (Å²) in [6.07, 6.45) is 0. The van der Waals surface area contributed by atoms with Crippen molar-refractivity contribution in [2.24, 2.45) is 0 Å². The van der Waals surface area contributed by atoms with Gasteiger partial charge in [0.15, 0.2) is 0 Å². The summed E-state index contributed by atoms with van der Waals surface area (Å²) >= 11 is 0. The number of hydrogen-bond donors (Lipinski definition) is 0. The molecule has 0 N–H and O–H groups in total. The molecule has 204 valence electrons. The smallest absolute Gasteiger partial charge is 0.00139 e. The molecule has 0 aliphatic rings. The van der Waals surface area contributed by atoms with Gasteiger partial charge in [0.2, 0.25) is 0 Å². The summed E-state index contributed by atoms with van der Waals surface area (Å²) in [7, 11) is 0. The first-order valence-corrected chi connectivity index (χ1v) is 15.3. The van der Waals surface area contributed by atoms with E-state index in [1.54, 1.807) is 0 Å². The third-order valence-corrected chi connectivity index (χ3v) is 9.23. The number of rotatable bonds is 3. The fourth-order valence-electron chi connectivity index (χ4n) is 7.25. The Balaban J connectivity index is 1.39. The van der Waals surface area contributed by atoms with Gasteiger partial charge in [0, 0.05) is 0 Å². The van der Waals surface area contributed by atoms with E-state index in [1.807, 2.05) is 0 Å². The lowest BCUT2D eigenvalue weighted by atomic mass is 9.85. The molecule has 0 heteroatoms. The van der Waals surface area contributed by atoms with Crippen molar-refractivity contribution in [1.82, 2.24) is 0 Å². The van der Waals surface area contributed by atoms with Gasteiger partial charge >= 0.3 is 0 Å². The first kappa shape index (κ1) is 24.8. The zero-order valence-electron chi connectivity index (χ0n) is 24.2. The average Bonchev–Trinajstić information content (AvgIpc) is 3.11. The Labute approximate surface area is 256 Å². The molecule has 0 aliphatic carbocycles. The van der Waals surface area contributed by atoms with Crippen LogP contribution in [0.3, 0.4) is 0 Å². The van der Waals surface area contributed by atoms with E-state index in [-0.39, 0.29) is 0 Å². The zero-order chi connectivity index (χ0) is 29.0. The second-order valence-corrected chi connectivity index (χ2v) is 11.6. The Morgan fingerprint density at radius 3 is 1.20 bits per heavy atom. The summed E-state index contributed by atoms with van der Waals surface area (Å²) in [5.41, 5.74) is 7.39. The van der Waals surface area contributed by atoms with Gasteiger partial charge in [-0.1, -0.05) is 158 Å². The van der Waals surface area contributed by atoms with Gasteiger partial charge in [-0.15, -0.1) is 0 Å². The molecule has 0 spiro atoms. The zero-order valence-corrected chi connectivity index (χ0v) is 24.2. The average molecular weight is 557 g/mol. The third kappa shape index (κ3) is 3.78. The lowest BCUT2D eigenvalue weighted by molar-refractivity contribution is 1.57.